The Bertz CT molecular complexity index is 276. The second-order valence-corrected chi connectivity index (χ2v) is 3.66. The van der Waals surface area contributed by atoms with E-state index in [2.05, 4.69) is 5.32 Å². The van der Waals surface area contributed by atoms with E-state index in [1.165, 1.54) is 0 Å². The first-order valence-electron chi connectivity index (χ1n) is 5.12. The SMILES string of the molecule is CC[C@H](C)[C@H](NC(=O)CCC(=O)O)C(=O)O. The number of carbonyl (C=O) groups excluding carboxylic acids is 1. The Labute approximate surface area is 93.6 Å². The van der Waals surface area contributed by atoms with Crippen LogP contribution in [0.5, 0.6) is 0 Å². The molecular weight excluding hydrogens is 214 g/mol. The summed E-state index contributed by atoms with van der Waals surface area (Å²) >= 11 is 0. The minimum Gasteiger partial charge on any atom is -0.481 e. The highest BCUT2D eigenvalue weighted by molar-refractivity contribution is 5.85. The van der Waals surface area contributed by atoms with Crippen LogP contribution in [-0.4, -0.2) is 34.1 Å². The summed E-state index contributed by atoms with van der Waals surface area (Å²) in [4.78, 5) is 32.3. The van der Waals surface area contributed by atoms with E-state index in [4.69, 9.17) is 10.2 Å². The Morgan fingerprint density at radius 1 is 1.19 bits per heavy atom. The minimum absolute atomic E-state index is 0.189. The molecule has 6 nitrogen and oxygen atoms in total. The standard InChI is InChI=1S/C10H17NO5/c1-3-6(2)9(10(15)16)11-7(12)4-5-8(13)14/h6,9H,3-5H2,1-2H3,(H,11,12)(H,13,14)(H,15,16)/t6-,9-/m0/s1. The molecule has 0 aliphatic carbocycles. The topological polar surface area (TPSA) is 104 Å². The molecule has 0 rings (SSSR count). The summed E-state index contributed by atoms with van der Waals surface area (Å²) in [5, 5.41) is 19.6. The molecule has 0 bridgehead atoms. The quantitative estimate of drug-likeness (QED) is 0.590. The third kappa shape index (κ3) is 5.33. The van der Waals surface area contributed by atoms with Crippen molar-refractivity contribution < 1.29 is 24.6 Å². The summed E-state index contributed by atoms with van der Waals surface area (Å²) in [5.41, 5.74) is 0. The van der Waals surface area contributed by atoms with E-state index in [-0.39, 0.29) is 18.8 Å². The van der Waals surface area contributed by atoms with Crippen molar-refractivity contribution in [1.82, 2.24) is 5.32 Å². The van der Waals surface area contributed by atoms with Gasteiger partial charge in [-0.1, -0.05) is 20.3 Å². The normalized spacial score (nSPS) is 13.9. The van der Waals surface area contributed by atoms with Crippen molar-refractivity contribution in [3.05, 3.63) is 0 Å². The van der Waals surface area contributed by atoms with Crippen LogP contribution in [0.1, 0.15) is 33.1 Å². The molecule has 1 amide bonds. The molecular formula is C10H17NO5. The van der Waals surface area contributed by atoms with Crippen molar-refractivity contribution in [2.45, 2.75) is 39.2 Å². The Kier molecular flexibility index (Phi) is 6.14. The maximum Gasteiger partial charge on any atom is 0.326 e. The maximum absolute atomic E-state index is 11.2. The molecule has 0 radical (unpaired) electrons. The fraction of sp³-hybridized carbons (Fsp3) is 0.700. The molecule has 0 fully saturated rings. The van der Waals surface area contributed by atoms with Gasteiger partial charge in [-0.25, -0.2) is 4.79 Å². The van der Waals surface area contributed by atoms with E-state index in [0.29, 0.717) is 6.42 Å². The molecule has 0 aliphatic rings. The predicted molar refractivity (Wildman–Crippen MR) is 55.9 cm³/mol. The number of amides is 1. The molecule has 0 aromatic heterocycles. The van der Waals surface area contributed by atoms with E-state index in [1.54, 1.807) is 6.92 Å². The number of rotatable bonds is 7. The molecule has 0 heterocycles. The van der Waals surface area contributed by atoms with Crippen LogP contribution in [0.25, 0.3) is 0 Å². The second kappa shape index (κ2) is 6.81. The molecule has 0 saturated heterocycles. The molecule has 3 N–H and O–H groups in total. The number of carboxylic acid groups (broad SMARTS) is 2. The minimum atomic E-state index is -1.10. The zero-order chi connectivity index (χ0) is 12.7. The summed E-state index contributed by atoms with van der Waals surface area (Å²) in [6, 6.07) is -0.953. The van der Waals surface area contributed by atoms with Gasteiger partial charge in [-0.2, -0.15) is 0 Å². The van der Waals surface area contributed by atoms with Gasteiger partial charge in [0.25, 0.3) is 0 Å². The predicted octanol–water partition coefficient (Wildman–Crippen LogP) is 0.467. The van der Waals surface area contributed by atoms with Crippen molar-refractivity contribution in [2.75, 3.05) is 0 Å². The van der Waals surface area contributed by atoms with Gasteiger partial charge in [0.15, 0.2) is 0 Å². The number of carboxylic acids is 2. The highest BCUT2D eigenvalue weighted by Gasteiger charge is 2.25. The van der Waals surface area contributed by atoms with Crippen molar-refractivity contribution in [1.29, 1.82) is 0 Å². The third-order valence-electron chi connectivity index (χ3n) is 2.36. The van der Waals surface area contributed by atoms with Crippen LogP contribution < -0.4 is 5.32 Å². The smallest absolute Gasteiger partial charge is 0.326 e. The summed E-state index contributed by atoms with van der Waals surface area (Å²) < 4.78 is 0. The summed E-state index contributed by atoms with van der Waals surface area (Å²) in [5.74, 6) is -2.91. The fourth-order valence-corrected chi connectivity index (χ4v) is 1.15. The largest absolute Gasteiger partial charge is 0.481 e. The molecule has 0 aromatic rings. The number of nitrogens with one attached hydrogen (secondary N) is 1. The zero-order valence-corrected chi connectivity index (χ0v) is 9.40. The summed E-state index contributed by atoms with van der Waals surface area (Å²) in [6.07, 6.45) is 0.129. The zero-order valence-electron chi connectivity index (χ0n) is 9.40. The molecule has 0 aromatic carbocycles. The van der Waals surface area contributed by atoms with E-state index in [9.17, 15) is 14.4 Å². The highest BCUT2D eigenvalue weighted by Crippen LogP contribution is 2.08. The first-order chi connectivity index (χ1) is 7.38. The Balaban J connectivity index is 4.24. The number of hydrogen-bond acceptors (Lipinski definition) is 3. The summed E-state index contributed by atoms with van der Waals surface area (Å²) in [7, 11) is 0. The number of carbonyl (C=O) groups is 3. The molecule has 0 unspecified atom stereocenters. The Morgan fingerprint density at radius 3 is 2.12 bits per heavy atom. The molecule has 6 heteroatoms. The van der Waals surface area contributed by atoms with Crippen molar-refractivity contribution >= 4 is 17.8 Å². The van der Waals surface area contributed by atoms with Gasteiger partial charge in [0.05, 0.1) is 6.42 Å². The lowest BCUT2D eigenvalue weighted by Crippen LogP contribution is -2.45. The van der Waals surface area contributed by atoms with Crippen LogP contribution >= 0.6 is 0 Å². The van der Waals surface area contributed by atoms with Gasteiger partial charge in [0.1, 0.15) is 6.04 Å². The van der Waals surface area contributed by atoms with Crippen LogP contribution in [0.2, 0.25) is 0 Å². The highest BCUT2D eigenvalue weighted by atomic mass is 16.4. The Hall–Kier alpha value is -1.59. The monoisotopic (exact) mass is 231 g/mol. The van der Waals surface area contributed by atoms with Gasteiger partial charge in [-0.3, -0.25) is 9.59 Å². The maximum atomic E-state index is 11.2. The lowest BCUT2D eigenvalue weighted by molar-refractivity contribution is -0.143. The van der Waals surface area contributed by atoms with Crippen LogP contribution in [0.4, 0.5) is 0 Å². The van der Waals surface area contributed by atoms with Crippen molar-refractivity contribution in [2.24, 2.45) is 5.92 Å². The fourth-order valence-electron chi connectivity index (χ4n) is 1.15. The lowest BCUT2D eigenvalue weighted by Gasteiger charge is -2.19. The molecule has 0 spiro atoms. The van der Waals surface area contributed by atoms with Gasteiger partial charge in [0.2, 0.25) is 5.91 Å². The van der Waals surface area contributed by atoms with E-state index in [0.717, 1.165) is 0 Å². The van der Waals surface area contributed by atoms with E-state index >= 15 is 0 Å². The second-order valence-electron chi connectivity index (χ2n) is 3.66. The van der Waals surface area contributed by atoms with Crippen LogP contribution in [0.15, 0.2) is 0 Å². The van der Waals surface area contributed by atoms with E-state index < -0.39 is 23.9 Å². The van der Waals surface area contributed by atoms with Crippen LogP contribution in [0.3, 0.4) is 0 Å². The molecule has 0 saturated carbocycles. The van der Waals surface area contributed by atoms with Gasteiger partial charge >= 0.3 is 11.9 Å². The molecule has 2 atom stereocenters. The van der Waals surface area contributed by atoms with Gasteiger partial charge in [-0.15, -0.1) is 0 Å². The first kappa shape index (κ1) is 14.4. The molecule has 92 valence electrons. The average molecular weight is 231 g/mol. The Morgan fingerprint density at radius 2 is 1.75 bits per heavy atom. The number of aliphatic carboxylic acids is 2. The van der Waals surface area contributed by atoms with E-state index in [1.807, 2.05) is 6.92 Å². The van der Waals surface area contributed by atoms with Gasteiger partial charge < -0.3 is 15.5 Å². The number of hydrogen-bond donors (Lipinski definition) is 3. The first-order valence-corrected chi connectivity index (χ1v) is 5.12. The van der Waals surface area contributed by atoms with Crippen molar-refractivity contribution in [3.63, 3.8) is 0 Å². The van der Waals surface area contributed by atoms with Crippen molar-refractivity contribution in [3.8, 4) is 0 Å². The molecule has 16 heavy (non-hydrogen) atoms. The average Bonchev–Trinajstić information content (AvgIpc) is 2.21. The van der Waals surface area contributed by atoms with Crippen LogP contribution in [0, 0.1) is 5.92 Å². The van der Waals surface area contributed by atoms with Gasteiger partial charge in [-0.05, 0) is 5.92 Å². The third-order valence-corrected chi connectivity index (χ3v) is 2.36. The molecule has 0 aliphatic heterocycles. The van der Waals surface area contributed by atoms with Gasteiger partial charge in [0, 0.05) is 6.42 Å². The summed E-state index contributed by atoms with van der Waals surface area (Å²) in [6.45, 7) is 3.54. The lowest BCUT2D eigenvalue weighted by atomic mass is 9.99. The van der Waals surface area contributed by atoms with Crippen LogP contribution in [-0.2, 0) is 14.4 Å².